The summed E-state index contributed by atoms with van der Waals surface area (Å²) in [6, 6.07) is 5.30. The summed E-state index contributed by atoms with van der Waals surface area (Å²) in [5.41, 5.74) is 6.70. The van der Waals surface area contributed by atoms with Crippen molar-refractivity contribution in [1.82, 2.24) is 16.2 Å². The number of carbonyl (C=O) groups is 2. The molecule has 7 heteroatoms. The van der Waals surface area contributed by atoms with Gasteiger partial charge in [0.2, 0.25) is 5.91 Å². The van der Waals surface area contributed by atoms with Gasteiger partial charge in [-0.05, 0) is 49.7 Å². The van der Waals surface area contributed by atoms with E-state index in [2.05, 4.69) is 32.1 Å². The third-order valence-electron chi connectivity index (χ3n) is 3.94. The first-order valence-electron chi connectivity index (χ1n) is 7.64. The lowest BCUT2D eigenvalue weighted by molar-refractivity contribution is -0.126. The van der Waals surface area contributed by atoms with Crippen LogP contribution < -0.4 is 16.2 Å². The zero-order chi connectivity index (χ0) is 16.8. The lowest BCUT2D eigenvalue weighted by atomic mass is 9.89. The molecule has 0 spiro atoms. The first-order valence-corrected chi connectivity index (χ1v) is 8.85. The van der Waals surface area contributed by atoms with Crippen LogP contribution in [0.25, 0.3) is 0 Å². The van der Waals surface area contributed by atoms with Gasteiger partial charge < -0.3 is 0 Å². The largest absolute Gasteiger partial charge is 0.298 e. The van der Waals surface area contributed by atoms with Crippen molar-refractivity contribution in [2.75, 3.05) is 0 Å². The number of carbonyl (C=O) groups excluding carboxylic acids is 2. The molecule has 1 saturated carbocycles. The van der Waals surface area contributed by atoms with Crippen LogP contribution in [-0.4, -0.2) is 16.9 Å². The number of amides is 2. The molecule has 3 N–H and O–H groups in total. The molecule has 1 aromatic carbocycles. The van der Waals surface area contributed by atoms with E-state index in [4.69, 9.17) is 12.2 Å². The van der Waals surface area contributed by atoms with Gasteiger partial charge in [0.25, 0.3) is 5.91 Å². The molecule has 0 bridgehead atoms. The van der Waals surface area contributed by atoms with Crippen LogP contribution in [0.15, 0.2) is 22.7 Å². The average molecular weight is 398 g/mol. The summed E-state index contributed by atoms with van der Waals surface area (Å²) < 4.78 is 0.856. The van der Waals surface area contributed by atoms with Crippen molar-refractivity contribution in [3.63, 3.8) is 0 Å². The van der Waals surface area contributed by atoms with Gasteiger partial charge >= 0.3 is 0 Å². The number of nitrogens with one attached hydrogen (secondary N) is 3. The molecule has 5 nitrogen and oxygen atoms in total. The Hall–Kier alpha value is -1.47. The maximum absolute atomic E-state index is 12.1. The summed E-state index contributed by atoms with van der Waals surface area (Å²) in [5, 5.41) is 2.63. The van der Waals surface area contributed by atoms with Crippen molar-refractivity contribution in [3.8, 4) is 0 Å². The van der Waals surface area contributed by atoms with Gasteiger partial charge in [0.1, 0.15) is 0 Å². The van der Waals surface area contributed by atoms with Gasteiger partial charge in [-0.3, -0.25) is 25.8 Å². The van der Waals surface area contributed by atoms with Crippen LogP contribution >= 0.6 is 28.1 Å². The number of halogens is 1. The van der Waals surface area contributed by atoms with E-state index in [9.17, 15) is 9.59 Å². The lowest BCUT2D eigenvalue weighted by Crippen LogP contribution is -2.50. The van der Waals surface area contributed by atoms with E-state index in [1.165, 1.54) is 6.42 Å². The predicted molar refractivity (Wildman–Crippen MR) is 96.8 cm³/mol. The van der Waals surface area contributed by atoms with Gasteiger partial charge in [-0.25, -0.2) is 0 Å². The van der Waals surface area contributed by atoms with Gasteiger partial charge in [-0.1, -0.05) is 41.3 Å². The van der Waals surface area contributed by atoms with Crippen LogP contribution in [0.1, 0.15) is 48.0 Å². The first-order chi connectivity index (χ1) is 11.0. The van der Waals surface area contributed by atoms with Crippen LogP contribution in [0.2, 0.25) is 0 Å². The molecular formula is C16H20BrN3O2S. The third kappa shape index (κ3) is 5.28. The number of hydrazine groups is 1. The molecule has 2 rings (SSSR count). The van der Waals surface area contributed by atoms with E-state index in [0.29, 0.717) is 5.56 Å². The molecule has 0 heterocycles. The zero-order valence-electron chi connectivity index (χ0n) is 12.9. The minimum atomic E-state index is -0.324. The van der Waals surface area contributed by atoms with Gasteiger partial charge in [0.15, 0.2) is 5.11 Å². The fourth-order valence-corrected chi connectivity index (χ4v) is 3.05. The van der Waals surface area contributed by atoms with Gasteiger partial charge in [-0.15, -0.1) is 0 Å². The van der Waals surface area contributed by atoms with Crippen LogP contribution in [0, 0.1) is 12.8 Å². The van der Waals surface area contributed by atoms with Crippen molar-refractivity contribution in [2.24, 2.45) is 5.92 Å². The van der Waals surface area contributed by atoms with E-state index in [0.717, 1.165) is 35.7 Å². The molecular weight excluding hydrogens is 378 g/mol. The molecule has 124 valence electrons. The van der Waals surface area contributed by atoms with Crippen LogP contribution in [0.4, 0.5) is 0 Å². The quantitative estimate of drug-likeness (QED) is 0.529. The van der Waals surface area contributed by atoms with E-state index in [-0.39, 0.29) is 22.8 Å². The minimum Gasteiger partial charge on any atom is -0.298 e. The molecule has 0 atom stereocenters. The summed E-state index contributed by atoms with van der Waals surface area (Å²) in [7, 11) is 0. The summed E-state index contributed by atoms with van der Waals surface area (Å²) >= 11 is 8.43. The fraction of sp³-hybridized carbons (Fsp3) is 0.438. The summed E-state index contributed by atoms with van der Waals surface area (Å²) in [6.07, 6.45) is 5.18. The van der Waals surface area contributed by atoms with E-state index in [1.54, 1.807) is 12.1 Å². The third-order valence-corrected chi connectivity index (χ3v) is 4.99. The highest BCUT2D eigenvalue weighted by Gasteiger charge is 2.21. The van der Waals surface area contributed by atoms with Crippen molar-refractivity contribution < 1.29 is 9.59 Å². The Morgan fingerprint density at radius 3 is 2.52 bits per heavy atom. The minimum absolute atomic E-state index is 0.0304. The number of hydrogen-bond donors (Lipinski definition) is 3. The topological polar surface area (TPSA) is 70.2 Å². The van der Waals surface area contributed by atoms with Gasteiger partial charge in [0, 0.05) is 16.0 Å². The molecule has 1 fully saturated rings. The number of hydrogen-bond acceptors (Lipinski definition) is 3. The Balaban J connectivity index is 1.80. The molecule has 0 aromatic heterocycles. The second kappa shape index (κ2) is 8.40. The molecule has 0 radical (unpaired) electrons. The Morgan fingerprint density at radius 2 is 1.87 bits per heavy atom. The molecule has 1 aliphatic carbocycles. The molecule has 1 aliphatic rings. The average Bonchev–Trinajstić information content (AvgIpc) is 2.55. The summed E-state index contributed by atoms with van der Waals surface area (Å²) in [4.78, 5) is 24.1. The Labute approximate surface area is 149 Å². The number of rotatable bonds is 2. The number of thiocarbonyl (C=S) groups is 1. The van der Waals surface area contributed by atoms with Crippen molar-refractivity contribution in [1.29, 1.82) is 0 Å². The number of benzene rings is 1. The second-order valence-electron chi connectivity index (χ2n) is 5.70. The van der Waals surface area contributed by atoms with Gasteiger partial charge in [0.05, 0.1) is 0 Å². The number of aryl methyl sites for hydroxylation is 1. The fourth-order valence-electron chi connectivity index (χ4n) is 2.53. The molecule has 1 aromatic rings. The molecule has 23 heavy (non-hydrogen) atoms. The monoisotopic (exact) mass is 397 g/mol. The SMILES string of the molecule is Cc1ccc(C(=O)NC(=S)NNC(=O)C2CCCCC2)cc1Br. The maximum atomic E-state index is 12.1. The van der Waals surface area contributed by atoms with Crippen molar-refractivity contribution >= 4 is 45.1 Å². The highest BCUT2D eigenvalue weighted by atomic mass is 79.9. The maximum Gasteiger partial charge on any atom is 0.257 e. The standard InChI is InChI=1S/C16H20BrN3O2S/c1-10-7-8-12(9-13(10)17)14(21)18-16(23)20-19-15(22)11-5-3-2-4-6-11/h7-9,11H,2-6H2,1H3,(H,19,22)(H2,18,20,21,23). The molecule has 0 saturated heterocycles. The van der Waals surface area contributed by atoms with Crippen LogP contribution in [0.5, 0.6) is 0 Å². The highest BCUT2D eigenvalue weighted by Crippen LogP contribution is 2.23. The Morgan fingerprint density at radius 1 is 1.17 bits per heavy atom. The molecule has 0 unspecified atom stereocenters. The second-order valence-corrected chi connectivity index (χ2v) is 6.96. The first kappa shape index (κ1) is 17.9. The van der Waals surface area contributed by atoms with Gasteiger partial charge in [-0.2, -0.15) is 0 Å². The van der Waals surface area contributed by atoms with Crippen LogP contribution in [-0.2, 0) is 4.79 Å². The molecule has 0 aliphatic heterocycles. The van der Waals surface area contributed by atoms with Crippen molar-refractivity contribution in [3.05, 3.63) is 33.8 Å². The molecule has 2 amide bonds. The van der Waals surface area contributed by atoms with E-state index < -0.39 is 0 Å². The summed E-state index contributed by atoms with van der Waals surface area (Å²) in [6.45, 7) is 1.94. The Bertz CT molecular complexity index is 615. The van der Waals surface area contributed by atoms with Crippen molar-refractivity contribution in [2.45, 2.75) is 39.0 Å². The van der Waals surface area contributed by atoms with E-state index in [1.807, 2.05) is 13.0 Å². The predicted octanol–water partition coefficient (Wildman–Crippen LogP) is 2.97. The van der Waals surface area contributed by atoms with E-state index >= 15 is 0 Å². The van der Waals surface area contributed by atoms with Crippen LogP contribution in [0.3, 0.4) is 0 Å². The highest BCUT2D eigenvalue weighted by molar-refractivity contribution is 9.10. The normalized spacial score (nSPS) is 14.9. The zero-order valence-corrected chi connectivity index (χ0v) is 15.4. The smallest absolute Gasteiger partial charge is 0.257 e. The Kier molecular flexibility index (Phi) is 6.53. The lowest BCUT2D eigenvalue weighted by Gasteiger charge is -2.21. The summed E-state index contributed by atoms with van der Waals surface area (Å²) in [5.74, 6) is -0.364.